The van der Waals surface area contributed by atoms with Crippen molar-refractivity contribution in [2.45, 2.75) is 25.1 Å². The minimum Gasteiger partial charge on any atom is -0.406 e. The average Bonchev–Trinajstić information content (AvgIpc) is 2.77. The highest BCUT2D eigenvalue weighted by Gasteiger charge is 2.45. The van der Waals surface area contributed by atoms with Crippen molar-refractivity contribution < 1.29 is 22.7 Å². The Morgan fingerprint density at radius 3 is 2.28 bits per heavy atom. The molecule has 0 saturated carbocycles. The third kappa shape index (κ3) is 3.41. The lowest BCUT2D eigenvalue weighted by molar-refractivity contribution is -0.274. The van der Waals surface area contributed by atoms with Crippen molar-refractivity contribution in [3.8, 4) is 5.75 Å². The lowest BCUT2D eigenvalue weighted by Gasteiger charge is -2.23. The van der Waals surface area contributed by atoms with Gasteiger partial charge in [0.1, 0.15) is 5.75 Å². The molecular formula is C17H12Cl2F3NO2. The van der Waals surface area contributed by atoms with Crippen LogP contribution in [0.4, 0.5) is 18.9 Å². The van der Waals surface area contributed by atoms with Gasteiger partial charge in [-0.15, -0.1) is 13.2 Å². The van der Waals surface area contributed by atoms with E-state index in [0.29, 0.717) is 26.9 Å². The fraction of sp³-hybridized carbons (Fsp3) is 0.235. The van der Waals surface area contributed by atoms with Crippen LogP contribution in [-0.4, -0.2) is 12.3 Å². The van der Waals surface area contributed by atoms with Gasteiger partial charge in [0.15, 0.2) is 0 Å². The zero-order chi connectivity index (χ0) is 18.4. The normalized spacial score (nSPS) is 19.5. The van der Waals surface area contributed by atoms with Crippen molar-refractivity contribution in [3.05, 3.63) is 57.6 Å². The van der Waals surface area contributed by atoms with Crippen LogP contribution >= 0.6 is 23.2 Å². The van der Waals surface area contributed by atoms with E-state index in [2.05, 4.69) is 10.1 Å². The Bertz CT molecular complexity index is 837. The van der Waals surface area contributed by atoms with Crippen LogP contribution in [0.3, 0.4) is 0 Å². The molecule has 25 heavy (non-hydrogen) atoms. The molecule has 0 aromatic heterocycles. The first-order chi connectivity index (χ1) is 11.6. The molecule has 1 unspecified atom stereocenters. The second kappa shape index (κ2) is 6.11. The van der Waals surface area contributed by atoms with Crippen molar-refractivity contribution in [1.29, 1.82) is 0 Å². The molecule has 8 heteroatoms. The third-order valence-corrected chi connectivity index (χ3v) is 4.74. The first kappa shape index (κ1) is 17.9. The van der Waals surface area contributed by atoms with Gasteiger partial charge < -0.3 is 10.1 Å². The van der Waals surface area contributed by atoms with E-state index in [9.17, 15) is 18.0 Å². The molecule has 0 saturated heterocycles. The molecule has 3 rings (SSSR count). The highest BCUT2D eigenvalue weighted by molar-refractivity contribution is 6.38. The first-order valence-electron chi connectivity index (χ1n) is 7.25. The molecule has 0 fully saturated rings. The quantitative estimate of drug-likeness (QED) is 0.768. The second-order valence-corrected chi connectivity index (χ2v) is 6.75. The van der Waals surface area contributed by atoms with E-state index >= 15 is 0 Å². The number of nitrogens with one attached hydrogen (secondary N) is 1. The van der Waals surface area contributed by atoms with Gasteiger partial charge in [-0.3, -0.25) is 4.79 Å². The highest BCUT2D eigenvalue weighted by Crippen LogP contribution is 2.47. The number of amides is 1. The summed E-state index contributed by atoms with van der Waals surface area (Å²) in [5.41, 5.74) is 0.737. The zero-order valence-electron chi connectivity index (χ0n) is 12.9. The van der Waals surface area contributed by atoms with E-state index in [1.807, 2.05) is 0 Å². The summed E-state index contributed by atoms with van der Waals surface area (Å²) >= 11 is 12.4. The predicted molar refractivity (Wildman–Crippen MR) is 89.3 cm³/mol. The second-order valence-electron chi connectivity index (χ2n) is 5.93. The van der Waals surface area contributed by atoms with Crippen molar-refractivity contribution in [2.75, 3.05) is 5.32 Å². The molecule has 2 aromatic rings. The number of hydrogen-bond donors (Lipinski definition) is 1. The van der Waals surface area contributed by atoms with Gasteiger partial charge in [-0.1, -0.05) is 35.3 Å². The molecule has 1 aliphatic rings. The molecule has 1 N–H and O–H groups in total. The Morgan fingerprint density at radius 2 is 1.68 bits per heavy atom. The topological polar surface area (TPSA) is 38.3 Å². The van der Waals surface area contributed by atoms with Crippen LogP contribution in [0.1, 0.15) is 18.1 Å². The maximum atomic E-state index is 12.5. The SMILES string of the molecule is CC1(Cc2ccc(OC(F)(F)F)cc2)C(=O)Nc2c(Cl)ccc(Cl)c21. The van der Waals surface area contributed by atoms with Gasteiger partial charge in [-0.2, -0.15) is 0 Å². The number of carbonyl (C=O) groups is 1. The lowest BCUT2D eigenvalue weighted by atomic mass is 9.78. The molecule has 0 spiro atoms. The zero-order valence-corrected chi connectivity index (χ0v) is 14.4. The van der Waals surface area contributed by atoms with E-state index in [0.717, 1.165) is 0 Å². The van der Waals surface area contributed by atoms with Crippen molar-refractivity contribution in [1.82, 2.24) is 0 Å². The van der Waals surface area contributed by atoms with Gasteiger partial charge in [-0.05, 0) is 43.2 Å². The number of halogens is 5. The Kier molecular flexibility index (Phi) is 4.37. The number of rotatable bonds is 3. The minimum atomic E-state index is -4.75. The monoisotopic (exact) mass is 389 g/mol. The number of anilines is 1. The van der Waals surface area contributed by atoms with Crippen LogP contribution in [0.15, 0.2) is 36.4 Å². The summed E-state index contributed by atoms with van der Waals surface area (Å²) < 4.78 is 40.5. The van der Waals surface area contributed by atoms with Gasteiger partial charge in [0.25, 0.3) is 0 Å². The summed E-state index contributed by atoms with van der Waals surface area (Å²) in [5, 5.41) is 3.51. The standard InChI is InChI=1S/C17H12Cl2F3NO2/c1-16(8-9-2-4-10(5-3-9)25-17(20,21)22)13-11(18)6-7-12(19)14(13)23-15(16)24/h2-7H,8H2,1H3,(H,23,24). The van der Waals surface area contributed by atoms with Gasteiger partial charge >= 0.3 is 6.36 Å². The molecule has 1 heterocycles. The Balaban J connectivity index is 1.91. The molecule has 1 atom stereocenters. The fourth-order valence-corrected chi connectivity index (χ4v) is 3.54. The van der Waals surface area contributed by atoms with Crippen LogP contribution in [0.25, 0.3) is 0 Å². The summed E-state index contributed by atoms with van der Waals surface area (Å²) in [7, 11) is 0. The molecule has 132 valence electrons. The number of benzene rings is 2. The van der Waals surface area contributed by atoms with E-state index in [1.54, 1.807) is 19.1 Å². The van der Waals surface area contributed by atoms with Gasteiger partial charge in [0.05, 0.1) is 16.1 Å². The molecule has 1 amide bonds. The lowest BCUT2D eigenvalue weighted by Crippen LogP contribution is -2.33. The number of carbonyl (C=O) groups excluding carboxylic acids is 1. The van der Waals surface area contributed by atoms with Crippen molar-refractivity contribution in [3.63, 3.8) is 0 Å². The minimum absolute atomic E-state index is 0.248. The van der Waals surface area contributed by atoms with E-state index < -0.39 is 11.8 Å². The molecule has 3 nitrogen and oxygen atoms in total. The highest BCUT2D eigenvalue weighted by atomic mass is 35.5. The van der Waals surface area contributed by atoms with E-state index in [1.165, 1.54) is 24.3 Å². The maximum Gasteiger partial charge on any atom is 0.573 e. The summed E-state index contributed by atoms with van der Waals surface area (Å²) in [6.07, 6.45) is -4.50. The van der Waals surface area contributed by atoms with E-state index in [-0.39, 0.29) is 18.1 Å². The number of ether oxygens (including phenoxy) is 1. The third-order valence-electron chi connectivity index (χ3n) is 4.11. The smallest absolute Gasteiger partial charge is 0.406 e. The summed E-state index contributed by atoms with van der Waals surface area (Å²) in [6, 6.07) is 8.59. The summed E-state index contributed by atoms with van der Waals surface area (Å²) in [4.78, 5) is 12.5. The van der Waals surface area contributed by atoms with Crippen molar-refractivity contribution in [2.24, 2.45) is 0 Å². The van der Waals surface area contributed by atoms with Gasteiger partial charge in [0, 0.05) is 10.6 Å². The molecule has 2 aromatic carbocycles. The van der Waals surface area contributed by atoms with Gasteiger partial charge in [0.2, 0.25) is 5.91 Å². The Hall–Kier alpha value is -1.92. The number of alkyl halides is 3. The maximum absolute atomic E-state index is 12.5. The van der Waals surface area contributed by atoms with Crippen LogP contribution in [-0.2, 0) is 16.6 Å². The van der Waals surface area contributed by atoms with Crippen molar-refractivity contribution >= 4 is 34.8 Å². The largest absolute Gasteiger partial charge is 0.573 e. The predicted octanol–water partition coefficient (Wildman–Crippen LogP) is 5.34. The molecule has 0 bridgehead atoms. The van der Waals surface area contributed by atoms with Gasteiger partial charge in [-0.25, -0.2) is 0 Å². The Labute approximate surface area is 151 Å². The number of hydrogen-bond acceptors (Lipinski definition) is 2. The first-order valence-corrected chi connectivity index (χ1v) is 8.00. The number of fused-ring (bicyclic) bond motifs is 1. The molecular weight excluding hydrogens is 378 g/mol. The fourth-order valence-electron chi connectivity index (χ4n) is 2.96. The van der Waals surface area contributed by atoms with Crippen LogP contribution in [0.5, 0.6) is 5.75 Å². The van der Waals surface area contributed by atoms with Crippen LogP contribution in [0.2, 0.25) is 10.0 Å². The summed E-state index contributed by atoms with van der Waals surface area (Å²) in [6.45, 7) is 1.72. The summed E-state index contributed by atoms with van der Waals surface area (Å²) in [5.74, 6) is -0.591. The average molecular weight is 390 g/mol. The van der Waals surface area contributed by atoms with E-state index in [4.69, 9.17) is 23.2 Å². The van der Waals surface area contributed by atoms with Crippen LogP contribution < -0.4 is 10.1 Å². The Morgan fingerprint density at radius 1 is 1.08 bits per heavy atom. The van der Waals surface area contributed by atoms with Crippen LogP contribution in [0, 0.1) is 0 Å². The molecule has 1 aliphatic heterocycles. The molecule has 0 radical (unpaired) electrons. The molecule has 0 aliphatic carbocycles.